The first-order chi connectivity index (χ1) is 29.5. The summed E-state index contributed by atoms with van der Waals surface area (Å²) in [6.07, 6.45) is 55.9. The molecule has 0 saturated heterocycles. The minimum absolute atomic E-state index is 0.0735. The molecular formula is C54H100O6. The van der Waals surface area contributed by atoms with E-state index in [2.05, 4.69) is 45.1 Å². The predicted molar refractivity (Wildman–Crippen MR) is 256 cm³/mol. The summed E-state index contributed by atoms with van der Waals surface area (Å²) in [7, 11) is 0. The number of esters is 3. The van der Waals surface area contributed by atoms with Gasteiger partial charge in [-0.2, -0.15) is 0 Å². The molecule has 0 fully saturated rings. The highest BCUT2D eigenvalue weighted by Gasteiger charge is 2.19. The molecule has 0 aliphatic rings. The monoisotopic (exact) mass is 845 g/mol. The zero-order valence-electron chi connectivity index (χ0n) is 40.2. The molecule has 6 nitrogen and oxygen atoms in total. The Labute approximate surface area is 373 Å². The van der Waals surface area contributed by atoms with Crippen molar-refractivity contribution < 1.29 is 28.6 Å². The van der Waals surface area contributed by atoms with Crippen molar-refractivity contribution in [3.8, 4) is 0 Å². The second-order valence-electron chi connectivity index (χ2n) is 17.8. The molecule has 0 aliphatic heterocycles. The standard InChI is InChI=1S/C54H100O6/c1-4-7-10-13-16-19-22-24-26-27-28-30-32-35-38-41-44-47-53(56)59-50-51(49-58-52(55)46-43-40-37-34-31-21-18-15-12-9-6-3)60-54(57)48-45-42-39-36-33-29-25-23-20-17-14-11-8-5-2/h15,18,23,25,51H,4-14,16-17,19-22,24,26-50H2,1-3H3/b18-15-,25-23-/t51-/m1/s1. The van der Waals surface area contributed by atoms with Crippen molar-refractivity contribution in [2.24, 2.45) is 0 Å². The van der Waals surface area contributed by atoms with E-state index in [1.165, 1.54) is 173 Å². The first-order valence-corrected chi connectivity index (χ1v) is 26.3. The molecule has 0 saturated carbocycles. The SMILES string of the molecule is CCCC/C=C\CCCCCCCC(=O)OC[C@H](COC(=O)CCCCCCCCCCCCCCCCCCC)OC(=O)CCCCCCC/C=C\CCCCCCC. The zero-order valence-corrected chi connectivity index (χ0v) is 40.2. The highest BCUT2D eigenvalue weighted by molar-refractivity contribution is 5.71. The lowest BCUT2D eigenvalue weighted by Gasteiger charge is -2.18. The fourth-order valence-corrected chi connectivity index (χ4v) is 7.65. The minimum Gasteiger partial charge on any atom is -0.462 e. The van der Waals surface area contributed by atoms with Gasteiger partial charge in [-0.1, -0.05) is 225 Å². The lowest BCUT2D eigenvalue weighted by atomic mass is 10.0. The Bertz CT molecular complexity index is 973. The largest absolute Gasteiger partial charge is 0.462 e. The van der Waals surface area contributed by atoms with E-state index in [1.54, 1.807) is 0 Å². The number of rotatable bonds is 48. The van der Waals surface area contributed by atoms with E-state index in [4.69, 9.17) is 14.2 Å². The van der Waals surface area contributed by atoms with Crippen LogP contribution in [0.15, 0.2) is 24.3 Å². The number of hydrogen-bond donors (Lipinski definition) is 0. The van der Waals surface area contributed by atoms with Gasteiger partial charge in [0.15, 0.2) is 6.10 Å². The van der Waals surface area contributed by atoms with Gasteiger partial charge in [-0.25, -0.2) is 0 Å². The Hall–Kier alpha value is -2.11. The molecule has 0 aromatic carbocycles. The van der Waals surface area contributed by atoms with Gasteiger partial charge < -0.3 is 14.2 Å². The molecule has 0 heterocycles. The summed E-state index contributed by atoms with van der Waals surface area (Å²) >= 11 is 0. The van der Waals surface area contributed by atoms with Crippen LogP contribution < -0.4 is 0 Å². The smallest absolute Gasteiger partial charge is 0.306 e. The molecule has 0 aromatic heterocycles. The Morgan fingerprint density at radius 3 is 0.883 bits per heavy atom. The summed E-state index contributed by atoms with van der Waals surface area (Å²) in [5.74, 6) is -0.879. The third-order valence-electron chi connectivity index (χ3n) is 11.7. The first kappa shape index (κ1) is 57.9. The Kier molecular flexibility index (Phi) is 47.8. The summed E-state index contributed by atoms with van der Waals surface area (Å²) in [5, 5.41) is 0. The predicted octanol–water partition coefficient (Wildman–Crippen LogP) is 17.2. The summed E-state index contributed by atoms with van der Waals surface area (Å²) in [5.41, 5.74) is 0. The second kappa shape index (κ2) is 49.5. The van der Waals surface area contributed by atoms with Crippen molar-refractivity contribution in [1.82, 2.24) is 0 Å². The van der Waals surface area contributed by atoms with E-state index >= 15 is 0 Å². The van der Waals surface area contributed by atoms with Crippen LogP contribution in [0.2, 0.25) is 0 Å². The van der Waals surface area contributed by atoms with Gasteiger partial charge in [0.1, 0.15) is 13.2 Å². The van der Waals surface area contributed by atoms with Gasteiger partial charge in [-0.3, -0.25) is 14.4 Å². The number of allylic oxidation sites excluding steroid dienone is 4. The number of hydrogen-bond acceptors (Lipinski definition) is 6. The Morgan fingerprint density at radius 2 is 0.567 bits per heavy atom. The van der Waals surface area contributed by atoms with E-state index < -0.39 is 6.10 Å². The molecule has 0 N–H and O–H groups in total. The molecular weight excluding hydrogens is 745 g/mol. The van der Waals surface area contributed by atoms with E-state index in [0.29, 0.717) is 19.3 Å². The van der Waals surface area contributed by atoms with Gasteiger partial charge in [0, 0.05) is 19.3 Å². The van der Waals surface area contributed by atoms with Crippen LogP contribution in [0.1, 0.15) is 284 Å². The fourth-order valence-electron chi connectivity index (χ4n) is 7.65. The average molecular weight is 845 g/mol. The highest BCUT2D eigenvalue weighted by Crippen LogP contribution is 2.16. The number of carbonyl (C=O) groups is 3. The number of carbonyl (C=O) groups excluding carboxylic acids is 3. The lowest BCUT2D eigenvalue weighted by molar-refractivity contribution is -0.167. The molecule has 0 unspecified atom stereocenters. The average Bonchev–Trinajstić information content (AvgIpc) is 3.24. The van der Waals surface area contributed by atoms with Gasteiger partial charge in [-0.15, -0.1) is 0 Å². The van der Waals surface area contributed by atoms with Crippen LogP contribution in [0.25, 0.3) is 0 Å². The van der Waals surface area contributed by atoms with E-state index in [9.17, 15) is 14.4 Å². The van der Waals surface area contributed by atoms with Crippen LogP contribution in [0, 0.1) is 0 Å². The normalized spacial score (nSPS) is 12.1. The van der Waals surface area contributed by atoms with E-state index in [-0.39, 0.29) is 31.1 Å². The lowest BCUT2D eigenvalue weighted by Crippen LogP contribution is -2.30. The molecule has 0 rings (SSSR count). The first-order valence-electron chi connectivity index (χ1n) is 26.3. The Balaban J connectivity index is 4.32. The highest BCUT2D eigenvalue weighted by atomic mass is 16.6. The third kappa shape index (κ3) is 46.9. The summed E-state index contributed by atoms with van der Waals surface area (Å²) in [6, 6.07) is 0. The molecule has 0 aromatic rings. The van der Waals surface area contributed by atoms with Crippen molar-refractivity contribution in [3.63, 3.8) is 0 Å². The maximum atomic E-state index is 12.8. The van der Waals surface area contributed by atoms with Crippen LogP contribution in [0.4, 0.5) is 0 Å². The zero-order chi connectivity index (χ0) is 43.7. The summed E-state index contributed by atoms with van der Waals surface area (Å²) < 4.78 is 16.8. The van der Waals surface area contributed by atoms with Crippen molar-refractivity contribution in [3.05, 3.63) is 24.3 Å². The molecule has 1 atom stereocenters. The van der Waals surface area contributed by atoms with Gasteiger partial charge in [0.25, 0.3) is 0 Å². The number of unbranched alkanes of at least 4 members (excludes halogenated alkanes) is 33. The molecule has 0 amide bonds. The van der Waals surface area contributed by atoms with Gasteiger partial charge in [0.2, 0.25) is 0 Å². The van der Waals surface area contributed by atoms with Crippen molar-refractivity contribution in [1.29, 1.82) is 0 Å². The van der Waals surface area contributed by atoms with Crippen molar-refractivity contribution >= 4 is 17.9 Å². The second-order valence-corrected chi connectivity index (χ2v) is 17.8. The van der Waals surface area contributed by atoms with Gasteiger partial charge >= 0.3 is 17.9 Å². The molecule has 0 radical (unpaired) electrons. The van der Waals surface area contributed by atoms with Crippen LogP contribution in [-0.4, -0.2) is 37.2 Å². The van der Waals surface area contributed by atoms with Crippen molar-refractivity contribution in [2.45, 2.75) is 290 Å². The maximum Gasteiger partial charge on any atom is 0.306 e. The minimum atomic E-state index is -0.773. The molecule has 60 heavy (non-hydrogen) atoms. The Morgan fingerprint density at radius 1 is 0.317 bits per heavy atom. The molecule has 0 bridgehead atoms. The molecule has 352 valence electrons. The van der Waals surface area contributed by atoms with Crippen LogP contribution >= 0.6 is 0 Å². The third-order valence-corrected chi connectivity index (χ3v) is 11.7. The van der Waals surface area contributed by atoms with Crippen LogP contribution in [0.3, 0.4) is 0 Å². The number of ether oxygens (including phenoxy) is 3. The molecule has 0 aliphatic carbocycles. The van der Waals surface area contributed by atoms with Gasteiger partial charge in [0.05, 0.1) is 0 Å². The molecule has 0 spiro atoms. The fraction of sp³-hybridized carbons (Fsp3) is 0.870. The van der Waals surface area contributed by atoms with Crippen LogP contribution in [0.5, 0.6) is 0 Å². The topological polar surface area (TPSA) is 78.9 Å². The maximum absolute atomic E-state index is 12.8. The van der Waals surface area contributed by atoms with E-state index in [0.717, 1.165) is 70.6 Å². The quantitative estimate of drug-likeness (QED) is 0.0263. The summed E-state index contributed by atoms with van der Waals surface area (Å²) in [4.78, 5) is 37.9. The van der Waals surface area contributed by atoms with Crippen molar-refractivity contribution in [2.75, 3.05) is 13.2 Å². The van der Waals surface area contributed by atoms with Crippen LogP contribution in [-0.2, 0) is 28.6 Å². The van der Waals surface area contributed by atoms with E-state index in [1.807, 2.05) is 0 Å². The molecule has 6 heteroatoms. The summed E-state index contributed by atoms with van der Waals surface area (Å²) in [6.45, 7) is 6.61. The van der Waals surface area contributed by atoms with Gasteiger partial charge in [-0.05, 0) is 64.2 Å².